The number of unbranched alkanes of at least 4 members (excludes halogenated alkanes) is 1. The van der Waals surface area contributed by atoms with Gasteiger partial charge in [-0.1, -0.05) is 90.5 Å². The molecule has 3 atom stereocenters. The van der Waals surface area contributed by atoms with Crippen LogP contribution in [0.1, 0.15) is 41.5 Å². The van der Waals surface area contributed by atoms with Crippen LogP contribution in [0, 0.1) is 6.92 Å². The van der Waals surface area contributed by atoms with E-state index in [4.69, 9.17) is 16.2 Å². The third kappa shape index (κ3) is 10.6. The van der Waals surface area contributed by atoms with Crippen molar-refractivity contribution in [3.8, 4) is 0 Å². The molecule has 0 bridgehead atoms. The van der Waals surface area contributed by atoms with Gasteiger partial charge in [-0.3, -0.25) is 9.59 Å². The number of nitrogens with two attached hydrogens (primary N) is 2. The predicted molar refractivity (Wildman–Crippen MR) is 156 cm³/mol. The monoisotopic (exact) mass is 544 g/mol. The second kappa shape index (κ2) is 16.2. The Hall–Kier alpha value is -4.01. The summed E-state index contributed by atoms with van der Waals surface area (Å²) in [6, 6.07) is 24.5. The fraction of sp³-hybridized carbons (Fsp3) is 0.344. The highest BCUT2D eigenvalue weighted by molar-refractivity contribution is 5.87. The second-order valence-corrected chi connectivity index (χ2v) is 10.0. The van der Waals surface area contributed by atoms with E-state index < -0.39 is 30.0 Å². The summed E-state index contributed by atoms with van der Waals surface area (Å²) in [5.41, 5.74) is 16.1. The Morgan fingerprint density at radius 2 is 1.27 bits per heavy atom. The Bertz CT molecular complexity index is 1200. The van der Waals surface area contributed by atoms with Crippen LogP contribution in [0.2, 0.25) is 0 Å². The van der Waals surface area contributed by atoms with Crippen molar-refractivity contribution in [3.63, 3.8) is 0 Å². The molecule has 212 valence electrons. The van der Waals surface area contributed by atoms with Gasteiger partial charge >= 0.3 is 5.97 Å². The molecule has 0 saturated carbocycles. The van der Waals surface area contributed by atoms with Gasteiger partial charge in [0.1, 0.15) is 12.6 Å². The van der Waals surface area contributed by atoms with Crippen LogP contribution in [0.15, 0.2) is 84.9 Å². The third-order valence-corrected chi connectivity index (χ3v) is 6.59. The second-order valence-electron chi connectivity index (χ2n) is 10.0. The molecule has 0 aliphatic carbocycles. The number of esters is 1. The first-order chi connectivity index (χ1) is 19.3. The number of nitrogens with one attached hydrogen (secondary N) is 2. The van der Waals surface area contributed by atoms with Crippen LogP contribution < -0.4 is 22.1 Å². The maximum Gasteiger partial charge on any atom is 0.328 e. The van der Waals surface area contributed by atoms with E-state index in [0.29, 0.717) is 38.6 Å². The number of carbonyl (C=O) groups excluding carboxylic acids is 3. The highest BCUT2D eigenvalue weighted by atomic mass is 16.5. The number of rotatable bonds is 15. The maximum absolute atomic E-state index is 13.0. The minimum atomic E-state index is -0.851. The van der Waals surface area contributed by atoms with Crippen molar-refractivity contribution in [1.82, 2.24) is 10.6 Å². The Morgan fingerprint density at radius 3 is 1.85 bits per heavy atom. The first-order valence-electron chi connectivity index (χ1n) is 13.7. The van der Waals surface area contributed by atoms with Crippen molar-refractivity contribution in [2.45, 2.75) is 63.8 Å². The summed E-state index contributed by atoms with van der Waals surface area (Å²) in [7, 11) is 0. The number of amides is 2. The third-order valence-electron chi connectivity index (χ3n) is 6.59. The summed E-state index contributed by atoms with van der Waals surface area (Å²) < 4.78 is 5.53. The van der Waals surface area contributed by atoms with Crippen molar-refractivity contribution < 1.29 is 19.1 Å². The van der Waals surface area contributed by atoms with Crippen LogP contribution in [-0.2, 0) is 38.6 Å². The average molecular weight is 545 g/mol. The molecule has 6 N–H and O–H groups in total. The van der Waals surface area contributed by atoms with E-state index in [1.807, 2.05) is 91.9 Å². The van der Waals surface area contributed by atoms with Gasteiger partial charge in [-0.15, -0.1) is 0 Å². The molecule has 3 aromatic carbocycles. The fourth-order valence-electron chi connectivity index (χ4n) is 4.20. The molecule has 0 spiro atoms. The minimum Gasteiger partial charge on any atom is -0.459 e. The molecule has 3 rings (SSSR count). The predicted octanol–water partition coefficient (Wildman–Crippen LogP) is 2.95. The van der Waals surface area contributed by atoms with Crippen molar-refractivity contribution in [3.05, 3.63) is 107 Å². The van der Waals surface area contributed by atoms with Gasteiger partial charge in [-0.2, -0.15) is 0 Å². The van der Waals surface area contributed by atoms with Gasteiger partial charge in [-0.05, 0) is 55.7 Å². The van der Waals surface area contributed by atoms with E-state index in [1.54, 1.807) is 0 Å². The van der Waals surface area contributed by atoms with Crippen molar-refractivity contribution in [1.29, 1.82) is 0 Å². The van der Waals surface area contributed by atoms with Crippen LogP contribution in [-0.4, -0.2) is 42.5 Å². The lowest BCUT2D eigenvalue weighted by Gasteiger charge is -2.20. The number of hydrogen-bond acceptors (Lipinski definition) is 6. The number of ether oxygens (including phenoxy) is 1. The normalized spacial score (nSPS) is 13.1. The smallest absolute Gasteiger partial charge is 0.328 e. The zero-order chi connectivity index (χ0) is 28.7. The van der Waals surface area contributed by atoms with Gasteiger partial charge in [0.05, 0.1) is 12.1 Å². The SMILES string of the molecule is Cc1ccc(COC(=O)[C@H](CCCCNC(=O)[C@@H](N)Cc2ccccc2)NC(=O)[C@@H](N)Cc2ccccc2)cc1. The molecule has 0 saturated heterocycles. The molecule has 40 heavy (non-hydrogen) atoms. The van der Waals surface area contributed by atoms with Crippen LogP contribution >= 0.6 is 0 Å². The van der Waals surface area contributed by atoms with Gasteiger partial charge in [0.2, 0.25) is 11.8 Å². The van der Waals surface area contributed by atoms with E-state index in [-0.39, 0.29) is 12.5 Å². The molecule has 0 aliphatic heterocycles. The minimum absolute atomic E-state index is 0.108. The van der Waals surface area contributed by atoms with E-state index >= 15 is 0 Å². The summed E-state index contributed by atoms with van der Waals surface area (Å²) in [5.74, 6) is -1.16. The zero-order valence-corrected chi connectivity index (χ0v) is 23.1. The van der Waals surface area contributed by atoms with Crippen molar-refractivity contribution >= 4 is 17.8 Å². The Labute approximate surface area is 236 Å². The average Bonchev–Trinajstić information content (AvgIpc) is 2.96. The molecule has 0 heterocycles. The van der Waals surface area contributed by atoms with Crippen LogP contribution in [0.3, 0.4) is 0 Å². The van der Waals surface area contributed by atoms with E-state index in [2.05, 4.69) is 10.6 Å². The van der Waals surface area contributed by atoms with E-state index in [9.17, 15) is 14.4 Å². The molecular weight excluding hydrogens is 504 g/mol. The molecule has 0 unspecified atom stereocenters. The summed E-state index contributed by atoms with van der Waals surface area (Å²) in [6.07, 6.45) is 2.34. The summed E-state index contributed by atoms with van der Waals surface area (Å²) in [4.78, 5) is 38.2. The van der Waals surface area contributed by atoms with E-state index in [0.717, 1.165) is 22.3 Å². The summed E-state index contributed by atoms with van der Waals surface area (Å²) >= 11 is 0. The van der Waals surface area contributed by atoms with Gasteiger partial charge < -0.3 is 26.8 Å². The molecule has 0 aromatic heterocycles. The molecule has 0 aliphatic rings. The number of hydrogen-bond donors (Lipinski definition) is 4. The lowest BCUT2D eigenvalue weighted by Crippen LogP contribution is -2.49. The van der Waals surface area contributed by atoms with Gasteiger partial charge in [0.25, 0.3) is 0 Å². The lowest BCUT2D eigenvalue weighted by molar-refractivity contribution is -0.149. The summed E-state index contributed by atoms with van der Waals surface area (Å²) in [6.45, 7) is 2.50. The molecule has 2 amide bonds. The largest absolute Gasteiger partial charge is 0.459 e. The number of benzene rings is 3. The molecule has 0 fully saturated rings. The highest BCUT2D eigenvalue weighted by Crippen LogP contribution is 2.10. The maximum atomic E-state index is 13.0. The number of carbonyl (C=O) groups is 3. The zero-order valence-electron chi connectivity index (χ0n) is 23.1. The molecule has 8 nitrogen and oxygen atoms in total. The first-order valence-corrected chi connectivity index (χ1v) is 13.7. The van der Waals surface area contributed by atoms with Crippen molar-refractivity contribution in [2.24, 2.45) is 11.5 Å². The number of aryl methyl sites for hydroxylation is 1. The Kier molecular flexibility index (Phi) is 12.3. The van der Waals surface area contributed by atoms with Gasteiger partial charge in [0.15, 0.2) is 0 Å². The first kappa shape index (κ1) is 30.5. The van der Waals surface area contributed by atoms with Gasteiger partial charge in [0, 0.05) is 6.54 Å². The standard InChI is InChI=1S/C32H40N4O4/c1-23-15-17-26(18-16-23)22-40-32(39)29(36-31(38)28(34)21-25-12-6-3-7-13-25)14-8-9-19-35-30(37)27(33)20-24-10-4-2-5-11-24/h2-7,10-13,15-18,27-29H,8-9,14,19-22,33-34H2,1H3,(H,35,37)(H,36,38)/t27-,28-,29-/m0/s1. The quantitative estimate of drug-likeness (QED) is 0.172. The highest BCUT2D eigenvalue weighted by Gasteiger charge is 2.25. The summed E-state index contributed by atoms with van der Waals surface area (Å²) in [5, 5.41) is 5.64. The molecule has 0 radical (unpaired) electrons. The molecule has 3 aromatic rings. The Balaban J connectivity index is 1.49. The van der Waals surface area contributed by atoms with Gasteiger partial charge in [-0.25, -0.2) is 4.79 Å². The Morgan fingerprint density at radius 1 is 0.725 bits per heavy atom. The topological polar surface area (TPSA) is 137 Å². The fourth-order valence-corrected chi connectivity index (χ4v) is 4.20. The van der Waals surface area contributed by atoms with E-state index in [1.165, 1.54) is 0 Å². The van der Waals surface area contributed by atoms with Crippen LogP contribution in [0.4, 0.5) is 0 Å². The van der Waals surface area contributed by atoms with Crippen LogP contribution in [0.5, 0.6) is 0 Å². The lowest BCUT2D eigenvalue weighted by atomic mass is 10.0. The van der Waals surface area contributed by atoms with Crippen molar-refractivity contribution in [2.75, 3.05) is 6.54 Å². The molecule has 8 heteroatoms. The van der Waals surface area contributed by atoms with Crippen LogP contribution in [0.25, 0.3) is 0 Å². The molecular formula is C32H40N4O4.